The van der Waals surface area contributed by atoms with E-state index in [4.69, 9.17) is 11.6 Å². The van der Waals surface area contributed by atoms with Crippen LogP contribution in [0.5, 0.6) is 0 Å². The van der Waals surface area contributed by atoms with Gasteiger partial charge in [-0.2, -0.15) is 5.10 Å². The maximum absolute atomic E-state index is 13.0. The van der Waals surface area contributed by atoms with Crippen molar-refractivity contribution in [2.75, 3.05) is 13.1 Å². The first-order valence-corrected chi connectivity index (χ1v) is 12.4. The van der Waals surface area contributed by atoms with E-state index < -0.39 is 0 Å². The highest BCUT2D eigenvalue weighted by Gasteiger charge is 2.26. The van der Waals surface area contributed by atoms with E-state index in [-0.39, 0.29) is 17.9 Å². The van der Waals surface area contributed by atoms with Crippen molar-refractivity contribution in [2.24, 2.45) is 0 Å². The molecule has 5 rings (SSSR count). The van der Waals surface area contributed by atoms with Crippen LogP contribution in [0, 0.1) is 6.92 Å². The molecule has 174 valence electrons. The Balaban J connectivity index is 1.23. The number of thiophene rings is 1. The van der Waals surface area contributed by atoms with Crippen LogP contribution in [0.1, 0.15) is 44.1 Å². The molecule has 0 radical (unpaired) electrons. The lowest BCUT2D eigenvalue weighted by Gasteiger charge is -2.32. The Labute approximate surface area is 206 Å². The molecule has 0 aliphatic carbocycles. The molecule has 0 atom stereocenters. The Kier molecular flexibility index (Phi) is 6.34. The molecular formula is C25H24ClN5O2S. The number of pyridine rings is 1. The maximum Gasteiger partial charge on any atom is 0.261 e. The monoisotopic (exact) mass is 493 g/mol. The SMILES string of the molecule is Cc1nn(Cc2ccc(Cl)cc2)c2sc(C(=O)NC3CCN(C(=O)c4ccncc4)CC3)cc12. The zero-order chi connectivity index (χ0) is 23.7. The van der Waals surface area contributed by atoms with Gasteiger partial charge in [0.15, 0.2) is 0 Å². The van der Waals surface area contributed by atoms with Gasteiger partial charge >= 0.3 is 0 Å². The van der Waals surface area contributed by atoms with Crippen LogP contribution in [0.3, 0.4) is 0 Å². The summed E-state index contributed by atoms with van der Waals surface area (Å²) in [6.07, 6.45) is 4.72. The number of halogens is 1. The van der Waals surface area contributed by atoms with E-state index in [1.54, 1.807) is 24.5 Å². The molecule has 9 heteroatoms. The predicted molar refractivity (Wildman–Crippen MR) is 134 cm³/mol. The molecule has 4 heterocycles. The van der Waals surface area contributed by atoms with Crippen LogP contribution in [0.2, 0.25) is 5.02 Å². The number of nitrogens with one attached hydrogen (secondary N) is 1. The first kappa shape index (κ1) is 22.6. The van der Waals surface area contributed by atoms with Crippen molar-refractivity contribution in [3.63, 3.8) is 0 Å². The molecule has 0 bridgehead atoms. The summed E-state index contributed by atoms with van der Waals surface area (Å²) in [6, 6.07) is 13.1. The van der Waals surface area contributed by atoms with Gasteiger partial charge in [0.05, 0.1) is 17.1 Å². The van der Waals surface area contributed by atoms with E-state index in [1.807, 2.05) is 46.8 Å². The Morgan fingerprint density at radius 2 is 1.82 bits per heavy atom. The number of likely N-dealkylation sites (tertiary alicyclic amines) is 1. The highest BCUT2D eigenvalue weighted by molar-refractivity contribution is 7.20. The number of carbonyl (C=O) groups excluding carboxylic acids is 2. The quantitative estimate of drug-likeness (QED) is 0.442. The minimum Gasteiger partial charge on any atom is -0.348 e. The summed E-state index contributed by atoms with van der Waals surface area (Å²) < 4.78 is 1.94. The van der Waals surface area contributed by atoms with Crippen molar-refractivity contribution in [2.45, 2.75) is 32.4 Å². The summed E-state index contributed by atoms with van der Waals surface area (Å²) in [5.41, 5.74) is 2.65. The van der Waals surface area contributed by atoms with Gasteiger partial charge < -0.3 is 10.2 Å². The highest BCUT2D eigenvalue weighted by atomic mass is 35.5. The van der Waals surface area contributed by atoms with Gasteiger partial charge in [-0.25, -0.2) is 0 Å². The maximum atomic E-state index is 13.0. The molecule has 2 amide bonds. The van der Waals surface area contributed by atoms with E-state index in [0.29, 0.717) is 35.1 Å². The van der Waals surface area contributed by atoms with Crippen molar-refractivity contribution >= 4 is 45.0 Å². The number of nitrogens with zero attached hydrogens (tertiary/aromatic N) is 4. The van der Waals surface area contributed by atoms with Gasteiger partial charge in [0.1, 0.15) is 4.83 Å². The molecule has 1 aliphatic heterocycles. The lowest BCUT2D eigenvalue weighted by atomic mass is 10.0. The van der Waals surface area contributed by atoms with Gasteiger partial charge in [-0.3, -0.25) is 19.3 Å². The number of hydrogen-bond acceptors (Lipinski definition) is 5. The lowest BCUT2D eigenvalue weighted by molar-refractivity contribution is 0.0698. The molecule has 0 unspecified atom stereocenters. The van der Waals surface area contributed by atoms with Crippen molar-refractivity contribution in [1.82, 2.24) is 25.0 Å². The fourth-order valence-electron chi connectivity index (χ4n) is 4.26. The van der Waals surface area contributed by atoms with Crippen molar-refractivity contribution in [1.29, 1.82) is 0 Å². The van der Waals surface area contributed by atoms with Gasteiger partial charge in [0.2, 0.25) is 0 Å². The summed E-state index contributed by atoms with van der Waals surface area (Å²) in [5.74, 6) is -0.0602. The zero-order valence-electron chi connectivity index (χ0n) is 18.7. The first-order valence-electron chi connectivity index (χ1n) is 11.2. The van der Waals surface area contributed by atoms with Crippen LogP contribution in [0.15, 0.2) is 54.9 Å². The van der Waals surface area contributed by atoms with E-state index in [9.17, 15) is 9.59 Å². The van der Waals surface area contributed by atoms with Crippen molar-refractivity contribution in [3.05, 3.63) is 81.6 Å². The molecule has 0 spiro atoms. The highest BCUT2D eigenvalue weighted by Crippen LogP contribution is 2.29. The normalized spacial score (nSPS) is 14.5. The smallest absolute Gasteiger partial charge is 0.261 e. The third-order valence-electron chi connectivity index (χ3n) is 6.12. The number of aromatic nitrogens is 3. The number of benzene rings is 1. The van der Waals surface area contributed by atoms with Crippen LogP contribution >= 0.6 is 22.9 Å². The van der Waals surface area contributed by atoms with Gasteiger partial charge in [-0.05, 0) is 55.7 Å². The Bertz CT molecular complexity index is 1320. The first-order chi connectivity index (χ1) is 16.5. The fourth-order valence-corrected chi connectivity index (χ4v) is 5.45. The second-order valence-corrected chi connectivity index (χ2v) is 9.94. The fraction of sp³-hybridized carbons (Fsp3) is 0.280. The van der Waals surface area contributed by atoms with E-state index >= 15 is 0 Å². The molecule has 1 N–H and O–H groups in total. The Morgan fingerprint density at radius 3 is 2.53 bits per heavy atom. The number of aryl methyl sites for hydroxylation is 1. The molecule has 34 heavy (non-hydrogen) atoms. The third kappa shape index (κ3) is 4.69. The molecular weight excluding hydrogens is 470 g/mol. The summed E-state index contributed by atoms with van der Waals surface area (Å²) in [4.78, 5) is 33.1. The number of fused-ring (bicyclic) bond motifs is 1. The Hall–Kier alpha value is -3.23. The molecule has 1 aliphatic rings. The largest absolute Gasteiger partial charge is 0.348 e. The molecule has 0 saturated carbocycles. The van der Waals surface area contributed by atoms with Gasteiger partial charge in [-0.15, -0.1) is 11.3 Å². The molecule has 7 nitrogen and oxygen atoms in total. The van der Waals surface area contributed by atoms with Crippen LogP contribution < -0.4 is 5.32 Å². The van der Waals surface area contributed by atoms with E-state index in [0.717, 1.165) is 34.3 Å². The summed E-state index contributed by atoms with van der Waals surface area (Å²) in [7, 11) is 0. The van der Waals surface area contributed by atoms with Crippen molar-refractivity contribution in [3.8, 4) is 0 Å². The summed E-state index contributed by atoms with van der Waals surface area (Å²) in [6.45, 7) is 3.82. The zero-order valence-corrected chi connectivity index (χ0v) is 20.3. The average Bonchev–Trinajstić information content (AvgIpc) is 3.42. The second kappa shape index (κ2) is 9.56. The minimum absolute atomic E-state index is 0.0115. The molecule has 1 fully saturated rings. The van der Waals surface area contributed by atoms with E-state index in [2.05, 4.69) is 15.4 Å². The predicted octanol–water partition coefficient (Wildman–Crippen LogP) is 4.54. The van der Waals surface area contributed by atoms with Crippen molar-refractivity contribution < 1.29 is 9.59 Å². The average molecular weight is 494 g/mol. The van der Waals surface area contributed by atoms with Gasteiger partial charge in [-0.1, -0.05) is 23.7 Å². The molecule has 1 saturated heterocycles. The van der Waals surface area contributed by atoms with E-state index in [1.165, 1.54) is 11.3 Å². The molecule has 3 aromatic heterocycles. The number of hydrogen-bond donors (Lipinski definition) is 1. The topological polar surface area (TPSA) is 80.1 Å². The second-order valence-electron chi connectivity index (χ2n) is 8.47. The number of piperidine rings is 1. The summed E-state index contributed by atoms with van der Waals surface area (Å²) >= 11 is 7.46. The van der Waals surface area contributed by atoms with Crippen LogP contribution in [0.4, 0.5) is 0 Å². The standard InChI is InChI=1S/C25H24ClN5O2S/c1-16-21-14-22(34-25(21)31(29-16)15-17-2-4-19(26)5-3-17)23(32)28-20-8-12-30(13-9-20)24(33)18-6-10-27-11-7-18/h2-7,10-11,14,20H,8-9,12-13,15H2,1H3,(H,28,32). The summed E-state index contributed by atoms with van der Waals surface area (Å²) in [5, 5.41) is 9.52. The molecule has 4 aromatic rings. The Morgan fingerprint density at radius 1 is 1.12 bits per heavy atom. The lowest BCUT2D eigenvalue weighted by Crippen LogP contribution is -2.46. The number of amides is 2. The van der Waals surface area contributed by atoms with Gasteiger partial charge in [0.25, 0.3) is 11.8 Å². The van der Waals surface area contributed by atoms with Crippen LogP contribution in [-0.2, 0) is 6.54 Å². The minimum atomic E-state index is -0.0717. The van der Waals surface area contributed by atoms with Crippen LogP contribution in [-0.4, -0.2) is 50.6 Å². The number of rotatable bonds is 5. The van der Waals surface area contributed by atoms with Crippen LogP contribution in [0.25, 0.3) is 10.2 Å². The number of carbonyl (C=O) groups is 2. The van der Waals surface area contributed by atoms with Gasteiger partial charge in [0, 0.05) is 47.5 Å². The molecule has 1 aromatic carbocycles. The third-order valence-corrected chi connectivity index (χ3v) is 7.52.